The minimum Gasteiger partial charge on any atom is -0.455 e. The third kappa shape index (κ3) is 3.04. The van der Waals surface area contributed by atoms with Gasteiger partial charge in [-0.15, -0.1) is 0 Å². The number of primary sulfonamides is 1. The van der Waals surface area contributed by atoms with Crippen LogP contribution in [0.3, 0.4) is 0 Å². The molecule has 0 aliphatic heterocycles. The van der Waals surface area contributed by atoms with E-state index in [1.807, 2.05) is 25.1 Å². The number of aryl methyl sites for hydroxylation is 1. The van der Waals surface area contributed by atoms with Gasteiger partial charge >= 0.3 is 0 Å². The Hall–Kier alpha value is -2.05. The molecule has 0 fully saturated rings. The zero-order chi connectivity index (χ0) is 14.0. The highest BCUT2D eigenvalue weighted by atomic mass is 32.2. The molecule has 0 heterocycles. The molecule has 0 unspecified atom stereocenters. The van der Waals surface area contributed by atoms with Gasteiger partial charge in [-0.1, -0.05) is 18.2 Å². The van der Waals surface area contributed by atoms with E-state index in [2.05, 4.69) is 0 Å². The zero-order valence-corrected chi connectivity index (χ0v) is 11.1. The molecule has 0 aliphatic rings. The number of benzene rings is 2. The van der Waals surface area contributed by atoms with Crippen molar-refractivity contribution >= 4 is 15.7 Å². The fourth-order valence-corrected chi connectivity index (χ4v) is 2.34. The zero-order valence-electron chi connectivity index (χ0n) is 10.3. The minimum atomic E-state index is -3.86. The molecule has 0 aromatic heterocycles. The second kappa shape index (κ2) is 4.91. The number of rotatable bonds is 3. The van der Waals surface area contributed by atoms with Crippen LogP contribution in [0.15, 0.2) is 47.4 Å². The number of hydrogen-bond donors (Lipinski definition) is 2. The maximum atomic E-state index is 11.4. The topological polar surface area (TPSA) is 95.4 Å². The van der Waals surface area contributed by atoms with Crippen LogP contribution in [-0.4, -0.2) is 8.42 Å². The molecule has 0 atom stereocenters. The molecule has 0 saturated carbocycles. The molecule has 0 bridgehead atoms. The maximum absolute atomic E-state index is 11.4. The fraction of sp³-hybridized carbons (Fsp3) is 0.0769. The molecule has 19 heavy (non-hydrogen) atoms. The number of nitrogens with two attached hydrogens (primary N) is 2. The molecular weight excluding hydrogens is 264 g/mol. The van der Waals surface area contributed by atoms with Crippen LogP contribution in [0.4, 0.5) is 5.69 Å². The lowest BCUT2D eigenvalue weighted by Crippen LogP contribution is -2.14. The molecule has 0 amide bonds. The van der Waals surface area contributed by atoms with Crippen LogP contribution in [0, 0.1) is 6.92 Å². The summed E-state index contributed by atoms with van der Waals surface area (Å²) in [6.45, 7) is 1.93. The van der Waals surface area contributed by atoms with Gasteiger partial charge in [0.15, 0.2) is 5.75 Å². The predicted molar refractivity (Wildman–Crippen MR) is 73.5 cm³/mol. The maximum Gasteiger partial charge on any atom is 0.240 e. The summed E-state index contributed by atoms with van der Waals surface area (Å²) >= 11 is 0. The van der Waals surface area contributed by atoms with Gasteiger partial charge in [0.2, 0.25) is 10.0 Å². The normalized spacial score (nSPS) is 11.3. The van der Waals surface area contributed by atoms with Crippen molar-refractivity contribution < 1.29 is 13.2 Å². The van der Waals surface area contributed by atoms with E-state index in [4.69, 9.17) is 15.6 Å². The van der Waals surface area contributed by atoms with Crippen LogP contribution in [-0.2, 0) is 10.0 Å². The molecule has 4 N–H and O–H groups in total. The molecule has 0 aliphatic carbocycles. The summed E-state index contributed by atoms with van der Waals surface area (Å²) in [5.41, 5.74) is 6.80. The largest absolute Gasteiger partial charge is 0.455 e. The molecular formula is C13H14N2O3S. The van der Waals surface area contributed by atoms with Crippen molar-refractivity contribution in [2.75, 3.05) is 5.73 Å². The van der Waals surface area contributed by atoms with E-state index in [1.54, 1.807) is 12.1 Å². The molecule has 0 saturated heterocycles. The molecule has 6 heteroatoms. The minimum absolute atomic E-state index is 0.00602. The molecule has 0 spiro atoms. The van der Waals surface area contributed by atoms with Gasteiger partial charge in [-0.05, 0) is 36.8 Å². The lowest BCUT2D eigenvalue weighted by molar-refractivity contribution is 0.483. The third-order valence-corrected chi connectivity index (χ3v) is 3.52. The molecule has 0 radical (unpaired) electrons. The summed E-state index contributed by atoms with van der Waals surface area (Å²) in [5.74, 6) is 0.843. The van der Waals surface area contributed by atoms with Crippen LogP contribution in [0.2, 0.25) is 0 Å². The van der Waals surface area contributed by atoms with Gasteiger partial charge in [-0.2, -0.15) is 0 Å². The summed E-state index contributed by atoms with van der Waals surface area (Å²) in [6, 6.07) is 11.8. The van der Waals surface area contributed by atoms with E-state index in [0.717, 1.165) is 5.56 Å². The summed E-state index contributed by atoms with van der Waals surface area (Å²) in [5, 5.41) is 5.08. The average Bonchev–Trinajstić information content (AvgIpc) is 2.30. The van der Waals surface area contributed by atoms with Gasteiger partial charge in [0.05, 0.1) is 5.69 Å². The second-order valence-electron chi connectivity index (χ2n) is 4.13. The van der Waals surface area contributed by atoms with Crippen LogP contribution in [0.5, 0.6) is 11.5 Å². The van der Waals surface area contributed by atoms with Gasteiger partial charge in [0, 0.05) is 0 Å². The SMILES string of the molecule is Cc1cccc(Oc2cccc(S(N)(=O)=O)c2N)c1. The first kappa shape index (κ1) is 13.4. The van der Waals surface area contributed by atoms with Crippen molar-refractivity contribution in [1.82, 2.24) is 0 Å². The first-order chi connectivity index (χ1) is 8.88. The van der Waals surface area contributed by atoms with Crippen molar-refractivity contribution in [3.05, 3.63) is 48.0 Å². The number of anilines is 1. The van der Waals surface area contributed by atoms with Crippen LogP contribution in [0.1, 0.15) is 5.56 Å². The Balaban J connectivity index is 2.42. The highest BCUT2D eigenvalue weighted by Crippen LogP contribution is 2.31. The number of sulfonamides is 1. The van der Waals surface area contributed by atoms with E-state index in [0.29, 0.717) is 5.75 Å². The molecule has 2 rings (SSSR count). The van der Waals surface area contributed by atoms with E-state index < -0.39 is 10.0 Å². The highest BCUT2D eigenvalue weighted by Gasteiger charge is 2.15. The van der Waals surface area contributed by atoms with E-state index >= 15 is 0 Å². The van der Waals surface area contributed by atoms with Gasteiger partial charge in [0.1, 0.15) is 10.6 Å². The number of hydrogen-bond acceptors (Lipinski definition) is 4. The molecule has 5 nitrogen and oxygen atoms in total. The van der Waals surface area contributed by atoms with Crippen molar-refractivity contribution in [3.63, 3.8) is 0 Å². The lowest BCUT2D eigenvalue weighted by atomic mass is 10.2. The molecule has 100 valence electrons. The smallest absolute Gasteiger partial charge is 0.240 e. The summed E-state index contributed by atoms with van der Waals surface area (Å²) in [7, 11) is -3.86. The Bertz CT molecular complexity index is 712. The van der Waals surface area contributed by atoms with Gasteiger partial charge in [-0.3, -0.25) is 0 Å². The van der Waals surface area contributed by atoms with Gasteiger partial charge in [0.25, 0.3) is 0 Å². The van der Waals surface area contributed by atoms with Crippen LogP contribution >= 0.6 is 0 Å². The lowest BCUT2D eigenvalue weighted by Gasteiger charge is -2.11. The first-order valence-electron chi connectivity index (χ1n) is 5.54. The second-order valence-corrected chi connectivity index (χ2v) is 5.66. The number of ether oxygens (including phenoxy) is 1. The Kier molecular flexibility index (Phi) is 3.46. The summed E-state index contributed by atoms with van der Waals surface area (Å²) < 4.78 is 28.3. The van der Waals surface area contributed by atoms with Crippen LogP contribution < -0.4 is 15.6 Å². The highest BCUT2D eigenvalue weighted by molar-refractivity contribution is 7.89. The summed E-state index contributed by atoms with van der Waals surface area (Å²) in [4.78, 5) is -0.141. The Morgan fingerprint density at radius 1 is 1.11 bits per heavy atom. The fourth-order valence-electron chi connectivity index (χ4n) is 1.67. The van der Waals surface area contributed by atoms with Crippen molar-refractivity contribution in [2.24, 2.45) is 5.14 Å². The average molecular weight is 278 g/mol. The monoisotopic (exact) mass is 278 g/mol. The van der Waals surface area contributed by atoms with Crippen LogP contribution in [0.25, 0.3) is 0 Å². The van der Waals surface area contributed by atoms with Crippen molar-refractivity contribution in [1.29, 1.82) is 0 Å². The standard InChI is InChI=1S/C13H14N2O3S/c1-9-4-2-5-10(8-9)18-11-6-3-7-12(13(11)14)19(15,16)17/h2-8H,14H2,1H3,(H2,15,16,17). The van der Waals surface area contributed by atoms with Gasteiger partial charge < -0.3 is 10.5 Å². The molecule has 2 aromatic carbocycles. The van der Waals surface area contributed by atoms with E-state index in [1.165, 1.54) is 12.1 Å². The quantitative estimate of drug-likeness (QED) is 0.839. The summed E-state index contributed by atoms with van der Waals surface area (Å²) in [6.07, 6.45) is 0. The Morgan fingerprint density at radius 2 is 1.79 bits per heavy atom. The number of para-hydroxylation sites is 1. The van der Waals surface area contributed by atoms with E-state index in [9.17, 15) is 8.42 Å². The Labute approximate surface area is 111 Å². The molecule has 2 aromatic rings. The van der Waals surface area contributed by atoms with Gasteiger partial charge in [-0.25, -0.2) is 13.6 Å². The van der Waals surface area contributed by atoms with Crippen molar-refractivity contribution in [3.8, 4) is 11.5 Å². The third-order valence-electron chi connectivity index (χ3n) is 2.55. The Morgan fingerprint density at radius 3 is 2.42 bits per heavy atom. The van der Waals surface area contributed by atoms with Crippen molar-refractivity contribution in [2.45, 2.75) is 11.8 Å². The van der Waals surface area contributed by atoms with E-state index in [-0.39, 0.29) is 16.3 Å². The number of nitrogen functional groups attached to an aromatic ring is 1. The predicted octanol–water partition coefficient (Wildman–Crippen LogP) is 2.02. The first-order valence-corrected chi connectivity index (χ1v) is 7.08.